The molecule has 2 nitrogen and oxygen atoms in total. The van der Waals surface area contributed by atoms with Crippen LogP contribution in [0.2, 0.25) is 0 Å². The Labute approximate surface area is 123 Å². The lowest BCUT2D eigenvalue weighted by molar-refractivity contribution is 0.112. The number of fused-ring (bicyclic) bond motifs is 1. The van der Waals surface area contributed by atoms with Gasteiger partial charge in [-0.1, -0.05) is 24.3 Å². The molecular weight excluding hydrogens is 266 g/mol. The summed E-state index contributed by atoms with van der Waals surface area (Å²) in [5.41, 5.74) is 0.880. The van der Waals surface area contributed by atoms with Gasteiger partial charge in [-0.15, -0.1) is 17.9 Å². The van der Waals surface area contributed by atoms with E-state index in [-0.39, 0.29) is 0 Å². The van der Waals surface area contributed by atoms with Crippen LogP contribution in [-0.4, -0.2) is 12.8 Å². The number of rotatable bonds is 4. The molecule has 0 amide bonds. The fourth-order valence-electron chi connectivity index (χ4n) is 3.04. The molecule has 1 aliphatic heterocycles. The number of hydrogen-bond donors (Lipinski definition) is 1. The van der Waals surface area contributed by atoms with Crippen molar-refractivity contribution in [3.05, 3.63) is 47.4 Å². The van der Waals surface area contributed by atoms with Crippen LogP contribution in [-0.2, 0) is 0 Å². The predicted octanol–water partition coefficient (Wildman–Crippen LogP) is 4.33. The van der Waals surface area contributed by atoms with Crippen molar-refractivity contribution in [1.29, 1.82) is 0 Å². The van der Waals surface area contributed by atoms with Crippen LogP contribution in [0.25, 0.3) is 10.1 Å². The van der Waals surface area contributed by atoms with Gasteiger partial charge in [0.1, 0.15) is 0 Å². The summed E-state index contributed by atoms with van der Waals surface area (Å²) in [5.74, 6) is 0.692. The van der Waals surface area contributed by atoms with Crippen molar-refractivity contribution in [2.24, 2.45) is 5.92 Å². The van der Waals surface area contributed by atoms with Crippen LogP contribution in [0, 0.1) is 5.92 Å². The van der Waals surface area contributed by atoms with E-state index in [1.807, 2.05) is 24.3 Å². The molecule has 3 heteroatoms. The second kappa shape index (κ2) is 5.90. The van der Waals surface area contributed by atoms with E-state index in [9.17, 15) is 4.79 Å². The first kappa shape index (κ1) is 13.5. The molecule has 1 aromatic carbocycles. The van der Waals surface area contributed by atoms with Gasteiger partial charge >= 0.3 is 0 Å². The quantitative estimate of drug-likeness (QED) is 0.669. The second-order valence-electron chi connectivity index (χ2n) is 5.42. The summed E-state index contributed by atoms with van der Waals surface area (Å²) in [5, 5.41) is 4.70. The third-order valence-corrected chi connectivity index (χ3v) is 5.41. The van der Waals surface area contributed by atoms with Crippen LogP contribution in [0.15, 0.2) is 36.9 Å². The first-order valence-electron chi connectivity index (χ1n) is 7.14. The molecule has 0 aliphatic carbocycles. The van der Waals surface area contributed by atoms with Crippen LogP contribution in [0.4, 0.5) is 0 Å². The largest absolute Gasteiger partial charge is 0.309 e. The van der Waals surface area contributed by atoms with E-state index >= 15 is 0 Å². The van der Waals surface area contributed by atoms with Gasteiger partial charge in [0.05, 0.1) is 0 Å². The van der Waals surface area contributed by atoms with E-state index in [1.54, 1.807) is 11.3 Å². The number of hydrogen-bond acceptors (Lipinski definition) is 3. The molecule has 2 atom stereocenters. The maximum atomic E-state index is 11.5. The number of nitrogens with one attached hydrogen (secondary N) is 1. The fraction of sp³-hybridized carbons (Fsp3) is 0.353. The Hall–Kier alpha value is -1.45. The number of piperidine rings is 1. The van der Waals surface area contributed by atoms with Gasteiger partial charge in [-0.2, -0.15) is 0 Å². The minimum atomic E-state index is 0.327. The normalized spacial score (nSPS) is 22.8. The smallest absolute Gasteiger partial charge is 0.151 e. The summed E-state index contributed by atoms with van der Waals surface area (Å²) < 4.78 is 1.21. The maximum Gasteiger partial charge on any atom is 0.151 e. The highest BCUT2D eigenvalue weighted by atomic mass is 32.1. The van der Waals surface area contributed by atoms with Gasteiger partial charge in [0, 0.05) is 26.6 Å². The minimum absolute atomic E-state index is 0.327. The lowest BCUT2D eigenvalue weighted by atomic mass is 9.90. The molecule has 104 valence electrons. The Morgan fingerprint density at radius 2 is 2.20 bits per heavy atom. The number of aldehydes is 1. The Morgan fingerprint density at radius 3 is 2.90 bits per heavy atom. The fourth-order valence-corrected chi connectivity index (χ4v) is 4.32. The first-order valence-corrected chi connectivity index (χ1v) is 7.96. The zero-order valence-electron chi connectivity index (χ0n) is 11.5. The molecule has 20 heavy (non-hydrogen) atoms. The highest BCUT2D eigenvalue weighted by molar-refractivity contribution is 7.19. The van der Waals surface area contributed by atoms with Crippen LogP contribution < -0.4 is 5.32 Å². The molecule has 0 radical (unpaired) electrons. The van der Waals surface area contributed by atoms with Crippen LogP contribution in [0.1, 0.15) is 40.5 Å². The number of carbonyl (C=O) groups is 1. The number of carbonyl (C=O) groups excluding carboxylic acids is 1. The van der Waals surface area contributed by atoms with Crippen LogP contribution in [0.3, 0.4) is 0 Å². The van der Waals surface area contributed by atoms with Crippen LogP contribution in [0.5, 0.6) is 0 Å². The van der Waals surface area contributed by atoms with E-state index in [0.717, 1.165) is 36.6 Å². The van der Waals surface area contributed by atoms with Crippen molar-refractivity contribution < 1.29 is 4.79 Å². The van der Waals surface area contributed by atoms with E-state index in [2.05, 4.69) is 18.0 Å². The first-order chi connectivity index (χ1) is 9.83. The van der Waals surface area contributed by atoms with Gasteiger partial charge in [0.15, 0.2) is 6.29 Å². The average Bonchev–Trinajstić information content (AvgIpc) is 2.87. The third-order valence-electron chi connectivity index (χ3n) is 4.11. The van der Waals surface area contributed by atoms with Crippen molar-refractivity contribution in [3.8, 4) is 0 Å². The summed E-state index contributed by atoms with van der Waals surface area (Å²) in [4.78, 5) is 12.7. The van der Waals surface area contributed by atoms with E-state index in [0.29, 0.717) is 12.0 Å². The Bertz CT molecular complexity index is 623. The van der Waals surface area contributed by atoms with Gasteiger partial charge in [0.2, 0.25) is 0 Å². The molecule has 0 saturated carbocycles. The molecule has 1 N–H and O–H groups in total. The van der Waals surface area contributed by atoms with Gasteiger partial charge in [-0.05, 0) is 37.8 Å². The molecular formula is C17H19NOS. The Morgan fingerprint density at radius 1 is 1.35 bits per heavy atom. The molecule has 1 fully saturated rings. The number of thiophene rings is 1. The predicted molar refractivity (Wildman–Crippen MR) is 85.5 cm³/mol. The molecule has 0 bridgehead atoms. The molecule has 1 aliphatic rings. The summed E-state index contributed by atoms with van der Waals surface area (Å²) in [6.07, 6.45) is 6.41. The van der Waals surface area contributed by atoms with Crippen molar-refractivity contribution in [1.82, 2.24) is 5.32 Å². The maximum absolute atomic E-state index is 11.5. The molecule has 3 rings (SSSR count). The summed E-state index contributed by atoms with van der Waals surface area (Å²) in [6.45, 7) is 4.83. The van der Waals surface area contributed by atoms with Crippen molar-refractivity contribution in [3.63, 3.8) is 0 Å². The molecule has 2 heterocycles. The minimum Gasteiger partial charge on any atom is -0.309 e. The molecule has 2 unspecified atom stereocenters. The second-order valence-corrected chi connectivity index (χ2v) is 6.51. The number of allylic oxidation sites excluding steroid dienone is 1. The van der Waals surface area contributed by atoms with Crippen molar-refractivity contribution in [2.45, 2.75) is 25.3 Å². The SMILES string of the molecule is C=CCC1CCC(c2sc3ccccc3c2C=O)NC1. The van der Waals surface area contributed by atoms with Crippen LogP contribution >= 0.6 is 11.3 Å². The summed E-state index contributed by atoms with van der Waals surface area (Å²) in [7, 11) is 0. The molecule has 2 aromatic rings. The standard InChI is InChI=1S/C17H19NOS/c1-2-5-12-8-9-15(18-10-12)17-14(11-19)13-6-3-4-7-16(13)20-17/h2-4,6-7,11-12,15,18H,1,5,8-10H2. The molecule has 1 aromatic heterocycles. The third kappa shape index (κ3) is 2.43. The number of benzene rings is 1. The zero-order chi connectivity index (χ0) is 13.9. The van der Waals surface area contributed by atoms with Gasteiger partial charge in [0.25, 0.3) is 0 Å². The monoisotopic (exact) mass is 285 g/mol. The van der Waals surface area contributed by atoms with Gasteiger partial charge < -0.3 is 5.32 Å². The molecule has 1 saturated heterocycles. The summed E-state index contributed by atoms with van der Waals surface area (Å²) in [6, 6.07) is 8.50. The molecule has 0 spiro atoms. The van der Waals surface area contributed by atoms with Gasteiger partial charge in [-0.25, -0.2) is 0 Å². The highest BCUT2D eigenvalue weighted by Crippen LogP contribution is 2.38. The Kier molecular flexibility index (Phi) is 3.99. The van der Waals surface area contributed by atoms with Crippen molar-refractivity contribution in [2.75, 3.05) is 6.54 Å². The summed E-state index contributed by atoms with van der Waals surface area (Å²) >= 11 is 1.76. The Balaban J connectivity index is 1.87. The zero-order valence-corrected chi connectivity index (χ0v) is 12.3. The lowest BCUT2D eigenvalue weighted by Crippen LogP contribution is -2.32. The lowest BCUT2D eigenvalue weighted by Gasteiger charge is -2.29. The highest BCUT2D eigenvalue weighted by Gasteiger charge is 2.25. The van der Waals surface area contributed by atoms with E-state index in [1.165, 1.54) is 16.0 Å². The van der Waals surface area contributed by atoms with Crippen molar-refractivity contribution >= 4 is 27.7 Å². The van der Waals surface area contributed by atoms with Gasteiger partial charge in [-0.3, -0.25) is 4.79 Å². The van der Waals surface area contributed by atoms with E-state index in [4.69, 9.17) is 0 Å². The average molecular weight is 285 g/mol. The van der Waals surface area contributed by atoms with E-state index < -0.39 is 0 Å². The topological polar surface area (TPSA) is 29.1 Å².